The van der Waals surface area contributed by atoms with E-state index in [0.717, 1.165) is 33.6 Å². The maximum atomic E-state index is 12.5. The molecule has 21 heavy (non-hydrogen) atoms. The molecule has 1 aromatic heterocycles. The Labute approximate surface area is 123 Å². The molecule has 3 aromatic rings. The number of hydrogen-bond acceptors (Lipinski definition) is 3. The molecule has 2 aromatic carbocycles. The number of fused-ring (bicyclic) bond motifs is 1. The highest BCUT2D eigenvalue weighted by Gasteiger charge is 2.29. The van der Waals surface area contributed by atoms with E-state index in [2.05, 4.69) is 9.69 Å². The Morgan fingerprint density at radius 1 is 1.00 bits per heavy atom. The fraction of sp³-hybridized carbons (Fsp3) is 0.133. The van der Waals surface area contributed by atoms with Gasteiger partial charge in [0.25, 0.3) is 0 Å². The van der Waals surface area contributed by atoms with E-state index >= 15 is 0 Å². The topological polar surface area (TPSA) is 24.9 Å². The van der Waals surface area contributed by atoms with Crippen molar-refractivity contribution in [3.63, 3.8) is 0 Å². The minimum absolute atomic E-state index is 0.436. The summed E-state index contributed by atoms with van der Waals surface area (Å²) in [6.45, 7) is 0.436. The molecule has 0 atom stereocenters. The van der Waals surface area contributed by atoms with Crippen LogP contribution in [-0.2, 0) is 12.7 Å². The SMILES string of the molecule is FC(F)(F)c1ccc(CNc2nsc3ccccc23)cc1. The number of rotatable bonds is 3. The molecule has 0 fully saturated rings. The third-order valence-electron chi connectivity index (χ3n) is 3.12. The van der Waals surface area contributed by atoms with Gasteiger partial charge in [0.05, 0.1) is 10.3 Å². The van der Waals surface area contributed by atoms with Crippen LogP contribution in [0.1, 0.15) is 11.1 Å². The number of anilines is 1. The molecular weight excluding hydrogens is 297 g/mol. The summed E-state index contributed by atoms with van der Waals surface area (Å²) >= 11 is 1.39. The molecule has 0 spiro atoms. The van der Waals surface area contributed by atoms with Gasteiger partial charge in [-0.1, -0.05) is 24.3 Å². The van der Waals surface area contributed by atoms with Crippen molar-refractivity contribution >= 4 is 27.4 Å². The molecule has 0 unspecified atom stereocenters. The fourth-order valence-corrected chi connectivity index (χ4v) is 2.77. The van der Waals surface area contributed by atoms with Gasteiger partial charge in [-0.25, -0.2) is 0 Å². The van der Waals surface area contributed by atoms with Crippen LogP contribution in [-0.4, -0.2) is 4.37 Å². The van der Waals surface area contributed by atoms with Crippen LogP contribution in [0.4, 0.5) is 19.0 Å². The van der Waals surface area contributed by atoms with Crippen LogP contribution in [0, 0.1) is 0 Å². The molecule has 0 aliphatic carbocycles. The summed E-state index contributed by atoms with van der Waals surface area (Å²) in [7, 11) is 0. The van der Waals surface area contributed by atoms with E-state index in [0.29, 0.717) is 6.54 Å². The van der Waals surface area contributed by atoms with E-state index in [9.17, 15) is 13.2 Å². The minimum Gasteiger partial charge on any atom is -0.365 e. The fourth-order valence-electron chi connectivity index (χ4n) is 2.01. The molecule has 0 saturated carbocycles. The second-order valence-corrected chi connectivity index (χ2v) is 5.38. The normalized spacial score (nSPS) is 11.8. The first-order valence-electron chi connectivity index (χ1n) is 6.28. The number of aromatic nitrogens is 1. The van der Waals surface area contributed by atoms with Gasteiger partial charge in [0, 0.05) is 11.9 Å². The van der Waals surface area contributed by atoms with Crippen LogP contribution in [0.3, 0.4) is 0 Å². The first-order chi connectivity index (χ1) is 10.0. The molecule has 108 valence electrons. The van der Waals surface area contributed by atoms with Gasteiger partial charge >= 0.3 is 6.18 Å². The van der Waals surface area contributed by atoms with E-state index in [4.69, 9.17) is 0 Å². The molecule has 0 saturated heterocycles. The van der Waals surface area contributed by atoms with Gasteiger partial charge in [-0.3, -0.25) is 0 Å². The zero-order valence-electron chi connectivity index (χ0n) is 10.8. The van der Waals surface area contributed by atoms with Crippen molar-refractivity contribution in [2.24, 2.45) is 0 Å². The highest BCUT2D eigenvalue weighted by Crippen LogP contribution is 2.29. The van der Waals surface area contributed by atoms with Gasteiger partial charge < -0.3 is 5.32 Å². The molecule has 2 nitrogen and oxygen atoms in total. The highest BCUT2D eigenvalue weighted by molar-refractivity contribution is 7.13. The van der Waals surface area contributed by atoms with Crippen molar-refractivity contribution in [1.82, 2.24) is 4.37 Å². The van der Waals surface area contributed by atoms with Crippen molar-refractivity contribution in [2.45, 2.75) is 12.7 Å². The smallest absolute Gasteiger partial charge is 0.365 e. The van der Waals surface area contributed by atoms with Crippen LogP contribution in [0.15, 0.2) is 48.5 Å². The van der Waals surface area contributed by atoms with Crippen molar-refractivity contribution in [3.8, 4) is 0 Å². The number of alkyl halides is 3. The Morgan fingerprint density at radius 2 is 1.71 bits per heavy atom. The number of nitrogens with one attached hydrogen (secondary N) is 1. The number of halogens is 3. The van der Waals surface area contributed by atoms with E-state index in [1.165, 1.54) is 23.7 Å². The summed E-state index contributed by atoms with van der Waals surface area (Å²) in [6, 6.07) is 13.0. The largest absolute Gasteiger partial charge is 0.416 e. The number of hydrogen-bond donors (Lipinski definition) is 1. The van der Waals surface area contributed by atoms with Crippen molar-refractivity contribution < 1.29 is 13.2 Å². The Bertz CT molecular complexity index is 747. The molecule has 3 rings (SSSR count). The highest BCUT2D eigenvalue weighted by atomic mass is 32.1. The third-order valence-corrected chi connectivity index (χ3v) is 3.95. The molecule has 1 N–H and O–H groups in total. The predicted octanol–water partition coefficient (Wildman–Crippen LogP) is 4.93. The van der Waals surface area contributed by atoms with Crippen LogP contribution >= 0.6 is 11.5 Å². The van der Waals surface area contributed by atoms with E-state index < -0.39 is 11.7 Å². The lowest BCUT2D eigenvalue weighted by Gasteiger charge is -2.08. The molecular formula is C15H11F3N2S. The Hall–Kier alpha value is -2.08. The van der Waals surface area contributed by atoms with Gasteiger partial charge in [0.2, 0.25) is 0 Å². The molecule has 1 heterocycles. The minimum atomic E-state index is -4.29. The summed E-state index contributed by atoms with van der Waals surface area (Å²) in [4.78, 5) is 0. The lowest BCUT2D eigenvalue weighted by Crippen LogP contribution is -2.05. The quantitative estimate of drug-likeness (QED) is 0.742. The van der Waals surface area contributed by atoms with E-state index in [1.807, 2.05) is 24.3 Å². The molecule has 6 heteroatoms. The van der Waals surface area contributed by atoms with Gasteiger partial charge in [0.15, 0.2) is 0 Å². The van der Waals surface area contributed by atoms with Crippen LogP contribution < -0.4 is 5.32 Å². The van der Waals surface area contributed by atoms with E-state index in [1.54, 1.807) is 0 Å². The Balaban J connectivity index is 1.73. The summed E-state index contributed by atoms with van der Waals surface area (Å²) < 4.78 is 42.8. The first-order valence-corrected chi connectivity index (χ1v) is 7.06. The molecule has 0 bridgehead atoms. The predicted molar refractivity (Wildman–Crippen MR) is 78.4 cm³/mol. The summed E-state index contributed by atoms with van der Waals surface area (Å²) in [6.07, 6.45) is -4.29. The monoisotopic (exact) mass is 308 g/mol. The maximum Gasteiger partial charge on any atom is 0.416 e. The summed E-state index contributed by atoms with van der Waals surface area (Å²) in [5, 5.41) is 4.18. The van der Waals surface area contributed by atoms with Gasteiger partial charge in [-0.2, -0.15) is 17.5 Å². The van der Waals surface area contributed by atoms with Gasteiger partial charge in [-0.15, -0.1) is 0 Å². The lowest BCUT2D eigenvalue weighted by molar-refractivity contribution is -0.137. The molecule has 0 radical (unpaired) electrons. The van der Waals surface area contributed by atoms with Crippen LogP contribution in [0.2, 0.25) is 0 Å². The van der Waals surface area contributed by atoms with Crippen LogP contribution in [0.5, 0.6) is 0 Å². The van der Waals surface area contributed by atoms with Crippen LogP contribution in [0.25, 0.3) is 10.1 Å². The van der Waals surface area contributed by atoms with Gasteiger partial charge in [0.1, 0.15) is 5.82 Å². The Morgan fingerprint density at radius 3 is 2.43 bits per heavy atom. The van der Waals surface area contributed by atoms with Crippen molar-refractivity contribution in [2.75, 3.05) is 5.32 Å². The average molecular weight is 308 g/mol. The second kappa shape index (κ2) is 5.37. The van der Waals surface area contributed by atoms with Gasteiger partial charge in [-0.05, 0) is 41.4 Å². The number of benzene rings is 2. The zero-order valence-corrected chi connectivity index (χ0v) is 11.6. The Kier molecular flexibility index (Phi) is 3.55. The molecule has 0 aliphatic heterocycles. The number of nitrogens with zero attached hydrogens (tertiary/aromatic N) is 1. The standard InChI is InChI=1S/C15H11F3N2S/c16-15(17,18)11-7-5-10(6-8-11)9-19-14-12-3-1-2-4-13(12)21-20-14/h1-8H,9H2,(H,19,20). The van der Waals surface area contributed by atoms with Crippen molar-refractivity contribution in [1.29, 1.82) is 0 Å². The lowest BCUT2D eigenvalue weighted by atomic mass is 10.1. The first kappa shape index (κ1) is 13.9. The second-order valence-electron chi connectivity index (χ2n) is 4.58. The molecule has 0 amide bonds. The molecule has 0 aliphatic rings. The summed E-state index contributed by atoms with van der Waals surface area (Å²) in [5.74, 6) is 0.760. The summed E-state index contributed by atoms with van der Waals surface area (Å²) in [5.41, 5.74) is 0.144. The maximum absolute atomic E-state index is 12.5. The average Bonchev–Trinajstić information content (AvgIpc) is 2.88. The third kappa shape index (κ3) is 3.00. The van der Waals surface area contributed by atoms with Crippen molar-refractivity contribution in [3.05, 3.63) is 59.7 Å². The zero-order chi connectivity index (χ0) is 14.9. The van der Waals surface area contributed by atoms with E-state index in [-0.39, 0.29) is 0 Å².